The number of nitrogens with zero attached hydrogens (tertiary/aromatic N) is 6. The Morgan fingerprint density at radius 3 is 2.90 bits per heavy atom. The number of pyridine rings is 1. The van der Waals surface area contributed by atoms with Gasteiger partial charge in [-0.15, -0.1) is 0 Å². The van der Waals surface area contributed by atoms with E-state index in [4.69, 9.17) is 9.47 Å². The van der Waals surface area contributed by atoms with Crippen molar-refractivity contribution >= 4 is 39.6 Å². The lowest BCUT2D eigenvalue weighted by atomic mass is 10.1. The molecule has 2 bridgehead atoms. The van der Waals surface area contributed by atoms with Gasteiger partial charge in [-0.25, -0.2) is 15.0 Å². The van der Waals surface area contributed by atoms with Crippen molar-refractivity contribution in [3.8, 4) is 29.1 Å². The third-order valence-electron chi connectivity index (χ3n) is 7.50. The zero-order valence-electron chi connectivity index (χ0n) is 22.7. The fraction of sp³-hybridized carbons (Fsp3) is 0.226. The molecule has 5 heterocycles. The molecule has 0 radical (unpaired) electrons. The number of carbonyl (C=O) groups excluding carboxylic acids is 1. The average Bonchev–Trinajstić information content (AvgIpc) is 3.40. The van der Waals surface area contributed by atoms with Crippen LogP contribution in [0.5, 0.6) is 17.2 Å². The van der Waals surface area contributed by atoms with Crippen molar-refractivity contribution in [3.63, 3.8) is 0 Å². The molecule has 0 aliphatic carbocycles. The van der Waals surface area contributed by atoms with E-state index in [2.05, 4.69) is 43.1 Å². The van der Waals surface area contributed by atoms with E-state index in [1.165, 1.54) is 0 Å². The van der Waals surface area contributed by atoms with Crippen molar-refractivity contribution in [3.05, 3.63) is 72.9 Å². The van der Waals surface area contributed by atoms with Crippen molar-refractivity contribution < 1.29 is 14.3 Å². The SMILES string of the molecule is CC#CC(=O)N1CCN2CC1COc1cc3ncnc(Nc4ccc(Oc5ccn6ccnc6c5)c(C)c4)c3cc12. The van der Waals surface area contributed by atoms with Crippen LogP contribution in [0.1, 0.15) is 12.5 Å². The number of aryl methyl sites for hydroxylation is 1. The predicted octanol–water partition coefficient (Wildman–Crippen LogP) is 4.55. The number of rotatable bonds is 4. The number of nitrogens with one attached hydrogen (secondary N) is 1. The summed E-state index contributed by atoms with van der Waals surface area (Å²) in [6.45, 7) is 6.07. The number of carbonyl (C=O) groups is 1. The summed E-state index contributed by atoms with van der Waals surface area (Å²) in [5, 5.41) is 4.35. The van der Waals surface area contributed by atoms with Gasteiger partial charge in [-0.3, -0.25) is 4.79 Å². The van der Waals surface area contributed by atoms with E-state index >= 15 is 0 Å². The minimum Gasteiger partial charge on any atom is -0.489 e. The van der Waals surface area contributed by atoms with E-state index in [9.17, 15) is 4.79 Å². The fourth-order valence-corrected chi connectivity index (χ4v) is 5.44. The molecular formula is C31H27N7O3. The minimum atomic E-state index is -0.153. The van der Waals surface area contributed by atoms with Gasteiger partial charge in [0.2, 0.25) is 0 Å². The van der Waals surface area contributed by atoms with E-state index in [0.717, 1.165) is 50.7 Å². The highest BCUT2D eigenvalue weighted by Crippen LogP contribution is 2.39. The largest absolute Gasteiger partial charge is 0.489 e. The van der Waals surface area contributed by atoms with Crippen molar-refractivity contribution in [1.29, 1.82) is 0 Å². The lowest BCUT2D eigenvalue weighted by Crippen LogP contribution is -2.56. The summed E-state index contributed by atoms with van der Waals surface area (Å²) in [6, 6.07) is 13.7. The van der Waals surface area contributed by atoms with E-state index in [1.807, 2.05) is 65.0 Å². The molecule has 10 nitrogen and oxygen atoms in total. The first kappa shape index (κ1) is 24.7. The van der Waals surface area contributed by atoms with Gasteiger partial charge in [0.15, 0.2) is 0 Å². The van der Waals surface area contributed by atoms with E-state index in [1.54, 1.807) is 19.4 Å². The molecule has 1 saturated heterocycles. The normalized spacial score (nSPS) is 15.9. The molecule has 2 aliphatic rings. The van der Waals surface area contributed by atoms with Gasteiger partial charge in [-0.05, 0) is 55.7 Å². The lowest BCUT2D eigenvalue weighted by Gasteiger charge is -2.39. The maximum absolute atomic E-state index is 12.5. The van der Waals surface area contributed by atoms with Crippen LogP contribution in [0.4, 0.5) is 17.2 Å². The molecule has 0 saturated carbocycles. The van der Waals surface area contributed by atoms with Gasteiger partial charge in [0, 0.05) is 61.4 Å². The maximum atomic E-state index is 12.5. The average molecular weight is 546 g/mol. The van der Waals surface area contributed by atoms with Crippen LogP contribution in [0.15, 0.2) is 67.4 Å². The standard InChI is InChI=1S/C31H27N7O3/c1-3-4-30(39)38-12-11-37-17-22(38)18-40-28-16-25-24(15-26(28)37)31(34-19-33-25)35-21-5-6-27(20(2)13-21)41-23-7-9-36-10-8-32-29(36)14-23/h5-10,13-16,19,22H,11-12,17-18H2,1-2H3,(H,33,34,35). The van der Waals surface area contributed by atoms with Crippen molar-refractivity contribution in [2.75, 3.05) is 36.5 Å². The smallest absolute Gasteiger partial charge is 0.298 e. The summed E-state index contributed by atoms with van der Waals surface area (Å²) < 4.78 is 14.3. The Balaban J connectivity index is 1.14. The van der Waals surface area contributed by atoms with Gasteiger partial charge < -0.3 is 29.0 Å². The minimum absolute atomic E-state index is 0.0679. The maximum Gasteiger partial charge on any atom is 0.298 e. The van der Waals surface area contributed by atoms with Gasteiger partial charge in [-0.2, -0.15) is 0 Å². The molecule has 7 rings (SSSR count). The van der Waals surface area contributed by atoms with Gasteiger partial charge >= 0.3 is 0 Å². The number of ether oxygens (including phenoxy) is 2. The molecular weight excluding hydrogens is 518 g/mol. The summed E-state index contributed by atoms with van der Waals surface area (Å²) in [5.41, 5.74) is 4.43. The van der Waals surface area contributed by atoms with Crippen molar-refractivity contribution in [2.45, 2.75) is 19.9 Å². The Labute approximate surface area is 236 Å². The molecule has 1 atom stereocenters. The molecule has 3 aromatic heterocycles. The zero-order valence-corrected chi connectivity index (χ0v) is 22.7. The first-order valence-electron chi connectivity index (χ1n) is 13.4. The fourth-order valence-electron chi connectivity index (χ4n) is 5.44. The van der Waals surface area contributed by atoms with Crippen LogP contribution in [-0.4, -0.2) is 62.4 Å². The lowest BCUT2D eigenvalue weighted by molar-refractivity contribution is -0.128. The summed E-state index contributed by atoms with van der Waals surface area (Å²) in [7, 11) is 0. The van der Waals surface area contributed by atoms with E-state index < -0.39 is 0 Å². The second-order valence-corrected chi connectivity index (χ2v) is 10.1. The third kappa shape index (κ3) is 4.61. The number of benzene rings is 2. The van der Waals surface area contributed by atoms with Crippen LogP contribution in [0, 0.1) is 18.8 Å². The van der Waals surface area contributed by atoms with Crippen LogP contribution in [-0.2, 0) is 4.79 Å². The molecule has 2 aliphatic heterocycles. The first-order valence-corrected chi connectivity index (χ1v) is 13.4. The summed E-state index contributed by atoms with van der Waals surface area (Å²) in [4.78, 5) is 30.0. The van der Waals surface area contributed by atoms with Gasteiger partial charge in [0.25, 0.3) is 5.91 Å². The Morgan fingerprint density at radius 2 is 2.02 bits per heavy atom. The number of hydrogen-bond donors (Lipinski definition) is 1. The third-order valence-corrected chi connectivity index (χ3v) is 7.50. The van der Waals surface area contributed by atoms with Crippen LogP contribution < -0.4 is 19.7 Å². The number of amides is 1. The van der Waals surface area contributed by atoms with Gasteiger partial charge in [0.05, 0.1) is 17.2 Å². The predicted molar refractivity (Wildman–Crippen MR) is 156 cm³/mol. The monoisotopic (exact) mass is 545 g/mol. The van der Waals surface area contributed by atoms with Gasteiger partial charge in [0.1, 0.15) is 41.6 Å². The van der Waals surface area contributed by atoms with Crippen LogP contribution in [0.3, 0.4) is 0 Å². The number of anilines is 3. The highest BCUT2D eigenvalue weighted by atomic mass is 16.5. The number of hydrogen-bond acceptors (Lipinski definition) is 8. The quantitative estimate of drug-likeness (QED) is 0.329. The second-order valence-electron chi connectivity index (χ2n) is 10.1. The summed E-state index contributed by atoms with van der Waals surface area (Å²) >= 11 is 0. The van der Waals surface area contributed by atoms with E-state index in [0.29, 0.717) is 32.1 Å². The highest BCUT2D eigenvalue weighted by Gasteiger charge is 2.34. The highest BCUT2D eigenvalue weighted by molar-refractivity contribution is 5.96. The number of piperazine rings is 1. The molecule has 1 amide bonds. The Hall–Kier alpha value is -5.30. The summed E-state index contributed by atoms with van der Waals surface area (Å²) in [5.74, 6) is 8.17. The Morgan fingerprint density at radius 1 is 1.10 bits per heavy atom. The number of fused-ring (bicyclic) bond motifs is 6. The number of imidazole rings is 1. The van der Waals surface area contributed by atoms with Crippen LogP contribution in [0.25, 0.3) is 16.6 Å². The first-order chi connectivity index (χ1) is 20.1. The number of aromatic nitrogens is 4. The molecule has 10 heteroatoms. The molecule has 1 unspecified atom stereocenters. The molecule has 5 aromatic rings. The molecule has 41 heavy (non-hydrogen) atoms. The summed E-state index contributed by atoms with van der Waals surface area (Å²) in [6.07, 6.45) is 7.13. The van der Waals surface area contributed by atoms with E-state index in [-0.39, 0.29) is 11.9 Å². The molecule has 1 N–H and O–H groups in total. The zero-order chi connectivity index (χ0) is 27.9. The second kappa shape index (κ2) is 10.0. The molecule has 1 fully saturated rings. The topological polar surface area (TPSA) is 97.1 Å². The Kier molecular flexibility index (Phi) is 6.04. The van der Waals surface area contributed by atoms with Crippen LogP contribution in [0.2, 0.25) is 0 Å². The van der Waals surface area contributed by atoms with Crippen molar-refractivity contribution in [1.82, 2.24) is 24.3 Å². The molecule has 2 aromatic carbocycles. The Bertz CT molecular complexity index is 1870. The van der Waals surface area contributed by atoms with Crippen molar-refractivity contribution in [2.24, 2.45) is 0 Å². The molecule has 0 spiro atoms. The van der Waals surface area contributed by atoms with Crippen LogP contribution >= 0.6 is 0 Å². The molecule has 204 valence electrons. The van der Waals surface area contributed by atoms with Gasteiger partial charge in [-0.1, -0.05) is 5.92 Å².